The maximum absolute atomic E-state index is 11.5. The van der Waals surface area contributed by atoms with Crippen molar-refractivity contribution in [3.63, 3.8) is 0 Å². The fraction of sp³-hybridized carbons (Fsp3) is 0.267. The highest BCUT2D eigenvalue weighted by Crippen LogP contribution is 2.30. The molecule has 1 heterocycles. The molecule has 1 saturated carbocycles. The Morgan fingerprint density at radius 3 is 2.81 bits per heavy atom. The van der Waals surface area contributed by atoms with Crippen molar-refractivity contribution < 1.29 is 9.53 Å². The number of hydrazone groups is 1. The van der Waals surface area contributed by atoms with Gasteiger partial charge in [0.1, 0.15) is 5.75 Å². The summed E-state index contributed by atoms with van der Waals surface area (Å²) >= 11 is 1.51. The van der Waals surface area contributed by atoms with Crippen molar-refractivity contribution in [1.29, 1.82) is 0 Å². The quantitative estimate of drug-likeness (QED) is 0.398. The van der Waals surface area contributed by atoms with E-state index in [0.717, 1.165) is 29.2 Å². The number of benzene rings is 1. The van der Waals surface area contributed by atoms with E-state index < -0.39 is 0 Å². The molecular formula is C15H15N3O2S. The van der Waals surface area contributed by atoms with Crippen LogP contribution in [0.3, 0.4) is 0 Å². The molecule has 2 aromatic rings. The van der Waals surface area contributed by atoms with Gasteiger partial charge < -0.3 is 4.74 Å². The van der Waals surface area contributed by atoms with Crippen LogP contribution in [0, 0.1) is 12.8 Å². The van der Waals surface area contributed by atoms with E-state index in [1.54, 1.807) is 18.3 Å². The second-order valence-corrected chi connectivity index (χ2v) is 5.79. The molecule has 0 saturated heterocycles. The lowest BCUT2D eigenvalue weighted by atomic mass is 10.2. The summed E-state index contributed by atoms with van der Waals surface area (Å²) in [5.74, 6) is 0.557. The van der Waals surface area contributed by atoms with Crippen LogP contribution < -0.4 is 10.2 Å². The number of nitrogens with one attached hydrogen (secondary N) is 1. The van der Waals surface area contributed by atoms with Gasteiger partial charge in [0.25, 0.3) is 0 Å². The number of carbonyl (C=O) groups excluding carboxylic acids is 1. The highest BCUT2D eigenvalue weighted by atomic mass is 32.1. The lowest BCUT2D eigenvalue weighted by Crippen LogP contribution is -2.09. The fourth-order valence-corrected chi connectivity index (χ4v) is 2.34. The zero-order valence-corrected chi connectivity index (χ0v) is 12.4. The number of anilines is 1. The summed E-state index contributed by atoms with van der Waals surface area (Å²) in [4.78, 5) is 15.8. The lowest BCUT2D eigenvalue weighted by Gasteiger charge is -2.03. The Morgan fingerprint density at radius 1 is 1.43 bits per heavy atom. The average Bonchev–Trinajstić information content (AvgIpc) is 3.25. The molecule has 0 amide bonds. The summed E-state index contributed by atoms with van der Waals surface area (Å²) in [5, 5.41) is 6.84. The predicted octanol–water partition coefficient (Wildman–Crippen LogP) is 3.21. The van der Waals surface area contributed by atoms with Gasteiger partial charge >= 0.3 is 5.97 Å². The van der Waals surface area contributed by atoms with Crippen molar-refractivity contribution in [2.45, 2.75) is 19.8 Å². The number of rotatable bonds is 5. The van der Waals surface area contributed by atoms with Gasteiger partial charge in [0.05, 0.1) is 17.8 Å². The van der Waals surface area contributed by atoms with Crippen LogP contribution in [-0.2, 0) is 4.79 Å². The normalized spacial score (nSPS) is 14.3. The maximum atomic E-state index is 11.5. The van der Waals surface area contributed by atoms with Gasteiger partial charge in [-0.3, -0.25) is 10.2 Å². The van der Waals surface area contributed by atoms with Gasteiger partial charge in [-0.25, -0.2) is 4.98 Å². The minimum atomic E-state index is -0.128. The number of aromatic nitrogens is 1. The van der Waals surface area contributed by atoms with Crippen LogP contribution in [0.15, 0.2) is 34.7 Å². The SMILES string of the molecule is Cc1csc(NN=Cc2ccc(OC(=O)C3CC3)cc2)n1. The number of thiazole rings is 1. The Balaban J connectivity index is 1.54. The first-order valence-corrected chi connectivity index (χ1v) is 7.61. The van der Waals surface area contributed by atoms with E-state index in [-0.39, 0.29) is 11.9 Å². The summed E-state index contributed by atoms with van der Waals surface area (Å²) in [7, 11) is 0. The molecule has 3 rings (SSSR count). The Morgan fingerprint density at radius 2 is 2.19 bits per heavy atom. The van der Waals surface area contributed by atoms with E-state index >= 15 is 0 Å². The number of nitrogens with zero attached hydrogens (tertiary/aromatic N) is 2. The molecule has 5 nitrogen and oxygen atoms in total. The van der Waals surface area contributed by atoms with E-state index in [2.05, 4.69) is 15.5 Å². The molecule has 1 N–H and O–H groups in total. The summed E-state index contributed by atoms with van der Waals surface area (Å²) < 4.78 is 5.26. The van der Waals surface area contributed by atoms with Crippen molar-refractivity contribution in [3.05, 3.63) is 40.9 Å². The minimum Gasteiger partial charge on any atom is -0.426 e. The highest BCUT2D eigenvalue weighted by Gasteiger charge is 2.31. The highest BCUT2D eigenvalue weighted by molar-refractivity contribution is 7.13. The molecule has 0 spiro atoms. The molecule has 0 unspecified atom stereocenters. The van der Waals surface area contributed by atoms with Crippen LogP contribution in [0.2, 0.25) is 0 Å². The van der Waals surface area contributed by atoms with Crippen LogP contribution in [0.4, 0.5) is 5.13 Å². The van der Waals surface area contributed by atoms with Gasteiger partial charge in [-0.2, -0.15) is 5.10 Å². The number of hydrogen-bond acceptors (Lipinski definition) is 6. The van der Waals surface area contributed by atoms with Crippen LogP contribution in [0.1, 0.15) is 24.1 Å². The second kappa shape index (κ2) is 6.05. The van der Waals surface area contributed by atoms with Crippen molar-refractivity contribution in [2.24, 2.45) is 11.0 Å². The molecule has 108 valence electrons. The third-order valence-corrected chi connectivity index (χ3v) is 3.87. The van der Waals surface area contributed by atoms with Gasteiger partial charge in [0.15, 0.2) is 0 Å². The monoisotopic (exact) mass is 301 g/mol. The predicted molar refractivity (Wildman–Crippen MR) is 82.9 cm³/mol. The van der Waals surface area contributed by atoms with Crippen LogP contribution in [0.25, 0.3) is 0 Å². The summed E-state index contributed by atoms with van der Waals surface area (Å²) in [6.45, 7) is 1.94. The van der Waals surface area contributed by atoms with Crippen LogP contribution >= 0.6 is 11.3 Å². The summed E-state index contributed by atoms with van der Waals surface area (Å²) in [6.07, 6.45) is 3.60. The van der Waals surface area contributed by atoms with Crippen LogP contribution in [-0.4, -0.2) is 17.2 Å². The van der Waals surface area contributed by atoms with E-state index in [1.165, 1.54) is 11.3 Å². The zero-order valence-electron chi connectivity index (χ0n) is 11.6. The molecule has 0 atom stereocenters. The molecule has 1 aromatic heterocycles. The standard InChI is InChI=1S/C15H15N3O2S/c1-10-9-21-15(17-10)18-16-8-11-2-6-13(7-3-11)20-14(19)12-4-5-12/h2-3,6-9,12H,4-5H2,1H3,(H,17,18). The third kappa shape index (κ3) is 3.88. The first-order valence-electron chi connectivity index (χ1n) is 6.74. The molecule has 1 aliphatic carbocycles. The van der Waals surface area contributed by atoms with E-state index in [9.17, 15) is 4.79 Å². The van der Waals surface area contributed by atoms with Crippen molar-refractivity contribution in [1.82, 2.24) is 4.98 Å². The van der Waals surface area contributed by atoms with Gasteiger partial charge in [0.2, 0.25) is 5.13 Å². The van der Waals surface area contributed by atoms with Crippen molar-refractivity contribution in [2.75, 3.05) is 5.43 Å². The molecule has 0 bridgehead atoms. The molecule has 1 fully saturated rings. The molecule has 1 aliphatic rings. The van der Waals surface area contributed by atoms with Gasteiger partial charge in [0, 0.05) is 5.38 Å². The summed E-state index contributed by atoms with van der Waals surface area (Å²) in [5.41, 5.74) is 4.77. The molecule has 0 radical (unpaired) electrons. The molecule has 1 aromatic carbocycles. The molecular weight excluding hydrogens is 286 g/mol. The molecule has 21 heavy (non-hydrogen) atoms. The van der Waals surface area contributed by atoms with Gasteiger partial charge in [-0.1, -0.05) is 0 Å². The first kappa shape index (κ1) is 13.8. The topological polar surface area (TPSA) is 63.6 Å². The van der Waals surface area contributed by atoms with Gasteiger partial charge in [-0.05, 0) is 49.6 Å². The Labute approximate surface area is 126 Å². The summed E-state index contributed by atoms with van der Waals surface area (Å²) in [6, 6.07) is 7.26. The largest absolute Gasteiger partial charge is 0.426 e. The molecule has 6 heteroatoms. The Kier molecular flexibility index (Phi) is 3.96. The van der Waals surface area contributed by atoms with Gasteiger partial charge in [-0.15, -0.1) is 11.3 Å². The van der Waals surface area contributed by atoms with Crippen LogP contribution in [0.5, 0.6) is 5.75 Å². The maximum Gasteiger partial charge on any atom is 0.314 e. The number of esters is 1. The Hall–Kier alpha value is -2.21. The number of ether oxygens (including phenoxy) is 1. The zero-order chi connectivity index (χ0) is 14.7. The third-order valence-electron chi connectivity index (χ3n) is 3.00. The van der Waals surface area contributed by atoms with E-state index in [0.29, 0.717) is 5.75 Å². The fourth-order valence-electron chi connectivity index (χ4n) is 1.71. The second-order valence-electron chi connectivity index (χ2n) is 4.93. The smallest absolute Gasteiger partial charge is 0.314 e. The number of hydrogen-bond donors (Lipinski definition) is 1. The van der Waals surface area contributed by atoms with E-state index in [4.69, 9.17) is 4.74 Å². The van der Waals surface area contributed by atoms with Crippen molar-refractivity contribution >= 4 is 28.7 Å². The lowest BCUT2D eigenvalue weighted by molar-refractivity contribution is -0.135. The van der Waals surface area contributed by atoms with Crippen molar-refractivity contribution in [3.8, 4) is 5.75 Å². The average molecular weight is 301 g/mol. The number of aryl methyl sites for hydroxylation is 1. The first-order chi connectivity index (χ1) is 10.2. The molecule has 0 aliphatic heterocycles. The van der Waals surface area contributed by atoms with E-state index in [1.807, 2.05) is 24.4 Å². The number of carbonyl (C=O) groups is 1. The minimum absolute atomic E-state index is 0.109. The Bertz CT molecular complexity index is 660.